The van der Waals surface area contributed by atoms with Gasteiger partial charge in [0.15, 0.2) is 0 Å². The van der Waals surface area contributed by atoms with Gasteiger partial charge in [-0.3, -0.25) is 5.10 Å². The van der Waals surface area contributed by atoms with Crippen molar-refractivity contribution in [3.05, 3.63) is 29.5 Å². The minimum atomic E-state index is -0.362. The average Bonchev–Trinajstić information content (AvgIpc) is 2.69. The van der Waals surface area contributed by atoms with E-state index in [1.54, 1.807) is 18.2 Å². The van der Waals surface area contributed by atoms with Crippen LogP contribution < -0.4 is 0 Å². The highest BCUT2D eigenvalue weighted by Gasteiger charge is 2.09. The van der Waals surface area contributed by atoms with Crippen molar-refractivity contribution in [2.75, 3.05) is 7.11 Å². The summed E-state index contributed by atoms with van der Waals surface area (Å²) in [5.74, 6) is -0.0279. The summed E-state index contributed by atoms with van der Waals surface area (Å²) < 4.78 is 4.63. The third kappa shape index (κ3) is 2.13. The lowest BCUT2D eigenvalue weighted by molar-refractivity contribution is 0.0601. The summed E-state index contributed by atoms with van der Waals surface area (Å²) in [6, 6.07) is 5.16. The Kier molecular flexibility index (Phi) is 4.15. The van der Waals surface area contributed by atoms with E-state index in [1.165, 1.54) is 7.11 Å². The van der Waals surface area contributed by atoms with Crippen LogP contribution in [0.3, 0.4) is 0 Å². The number of hydrogen-bond donors (Lipinski definition) is 1. The zero-order chi connectivity index (χ0) is 10.8. The number of rotatable bonds is 2. The van der Waals surface area contributed by atoms with Crippen LogP contribution >= 0.6 is 24.0 Å². The van der Waals surface area contributed by atoms with Gasteiger partial charge >= 0.3 is 5.97 Å². The van der Waals surface area contributed by atoms with Crippen LogP contribution in [-0.4, -0.2) is 23.3 Å². The van der Waals surface area contributed by atoms with E-state index in [-0.39, 0.29) is 18.4 Å². The van der Waals surface area contributed by atoms with Gasteiger partial charge in [0, 0.05) is 5.39 Å². The molecule has 0 fully saturated rings. The Morgan fingerprint density at radius 1 is 1.56 bits per heavy atom. The molecule has 0 aliphatic rings. The topological polar surface area (TPSA) is 55.0 Å². The van der Waals surface area contributed by atoms with E-state index < -0.39 is 0 Å². The van der Waals surface area contributed by atoms with E-state index in [4.69, 9.17) is 11.6 Å². The number of nitrogens with zero attached hydrogens (tertiary/aromatic N) is 1. The van der Waals surface area contributed by atoms with E-state index >= 15 is 0 Å². The number of nitrogens with one attached hydrogen (secondary N) is 1. The Morgan fingerprint density at radius 3 is 2.94 bits per heavy atom. The van der Waals surface area contributed by atoms with Crippen molar-refractivity contribution < 1.29 is 9.53 Å². The number of aromatic amines is 1. The molecule has 0 saturated heterocycles. The number of alkyl halides is 1. The van der Waals surface area contributed by atoms with Gasteiger partial charge in [-0.1, -0.05) is 0 Å². The van der Waals surface area contributed by atoms with Crippen molar-refractivity contribution in [3.8, 4) is 0 Å². The molecule has 1 N–H and O–H groups in total. The van der Waals surface area contributed by atoms with Gasteiger partial charge in [0.1, 0.15) is 0 Å². The first kappa shape index (κ1) is 12.8. The zero-order valence-electron chi connectivity index (χ0n) is 8.49. The molecule has 4 nitrogen and oxygen atoms in total. The smallest absolute Gasteiger partial charge is 0.337 e. The Morgan fingerprint density at radius 2 is 2.31 bits per heavy atom. The summed E-state index contributed by atoms with van der Waals surface area (Å²) in [4.78, 5) is 11.3. The fourth-order valence-electron chi connectivity index (χ4n) is 1.41. The number of esters is 1. The minimum Gasteiger partial charge on any atom is -0.465 e. The van der Waals surface area contributed by atoms with Gasteiger partial charge in [-0.25, -0.2) is 4.79 Å². The van der Waals surface area contributed by atoms with E-state index in [1.807, 2.05) is 0 Å². The second-order valence-corrected chi connectivity index (χ2v) is 3.33. The molecule has 0 bridgehead atoms. The molecule has 0 spiro atoms. The van der Waals surface area contributed by atoms with Crippen LogP contribution in [0.5, 0.6) is 0 Å². The van der Waals surface area contributed by atoms with Crippen molar-refractivity contribution in [3.63, 3.8) is 0 Å². The average molecular weight is 261 g/mol. The van der Waals surface area contributed by atoms with Crippen LogP contribution in [0, 0.1) is 0 Å². The molecule has 6 heteroatoms. The first-order chi connectivity index (χ1) is 7.26. The van der Waals surface area contributed by atoms with Gasteiger partial charge < -0.3 is 4.74 Å². The summed E-state index contributed by atoms with van der Waals surface area (Å²) in [6.07, 6.45) is 0. The molecule has 0 saturated carbocycles. The van der Waals surface area contributed by atoms with Gasteiger partial charge in [-0.2, -0.15) is 5.10 Å². The summed E-state index contributed by atoms with van der Waals surface area (Å²) in [7, 11) is 1.35. The molecule has 0 aliphatic carbocycles. The second kappa shape index (κ2) is 5.18. The quantitative estimate of drug-likeness (QED) is 0.667. The molecule has 86 valence electrons. The van der Waals surface area contributed by atoms with E-state index in [0.717, 1.165) is 16.6 Å². The number of methoxy groups -OCH3 is 1. The molecular formula is C10H10Cl2N2O2. The molecule has 1 aromatic carbocycles. The van der Waals surface area contributed by atoms with Crippen LogP contribution in [0.25, 0.3) is 10.9 Å². The first-order valence-corrected chi connectivity index (χ1v) is 4.91. The van der Waals surface area contributed by atoms with Crippen molar-refractivity contribution in [2.24, 2.45) is 0 Å². The van der Waals surface area contributed by atoms with Crippen LogP contribution in [0.2, 0.25) is 0 Å². The maximum atomic E-state index is 11.3. The molecule has 2 rings (SSSR count). The Labute approximate surface area is 103 Å². The zero-order valence-corrected chi connectivity index (χ0v) is 10.1. The lowest BCUT2D eigenvalue weighted by Crippen LogP contribution is -2.00. The van der Waals surface area contributed by atoms with Crippen LogP contribution in [0.4, 0.5) is 0 Å². The Hall–Kier alpha value is -1.26. The lowest BCUT2D eigenvalue weighted by Gasteiger charge is -1.98. The fraction of sp³-hybridized carbons (Fsp3) is 0.200. The van der Waals surface area contributed by atoms with Gasteiger partial charge in [0.05, 0.1) is 29.8 Å². The van der Waals surface area contributed by atoms with E-state index in [0.29, 0.717) is 11.4 Å². The van der Waals surface area contributed by atoms with Crippen molar-refractivity contribution in [1.82, 2.24) is 10.2 Å². The third-order valence-corrected chi connectivity index (χ3v) is 2.45. The standard InChI is InChI=1S/C10H9ClN2O2.ClH/c1-15-10(14)6-2-3-8-7(4-6)9(5-11)13-12-8;/h2-4H,5H2,1H3,(H,12,13);1H. The number of fused-ring (bicyclic) bond motifs is 1. The summed E-state index contributed by atoms with van der Waals surface area (Å²) in [5.41, 5.74) is 2.09. The normalized spacial score (nSPS) is 9.88. The number of hydrogen-bond acceptors (Lipinski definition) is 3. The highest BCUT2D eigenvalue weighted by atomic mass is 35.5. The van der Waals surface area contributed by atoms with Crippen molar-refractivity contribution >= 4 is 40.9 Å². The molecular weight excluding hydrogens is 251 g/mol. The van der Waals surface area contributed by atoms with Gasteiger partial charge in [0.25, 0.3) is 0 Å². The molecule has 0 radical (unpaired) electrons. The number of ether oxygens (including phenoxy) is 1. The molecule has 16 heavy (non-hydrogen) atoms. The molecule has 0 aliphatic heterocycles. The van der Waals surface area contributed by atoms with E-state index in [2.05, 4.69) is 14.9 Å². The molecule has 2 aromatic rings. The predicted molar refractivity (Wildman–Crippen MR) is 64.2 cm³/mol. The monoisotopic (exact) mass is 260 g/mol. The third-order valence-electron chi connectivity index (χ3n) is 2.19. The second-order valence-electron chi connectivity index (χ2n) is 3.06. The summed E-state index contributed by atoms with van der Waals surface area (Å²) in [5, 5.41) is 7.72. The number of aromatic nitrogens is 2. The molecule has 0 amide bonds. The maximum absolute atomic E-state index is 11.3. The highest BCUT2D eigenvalue weighted by Crippen LogP contribution is 2.19. The molecule has 1 heterocycles. The molecule has 0 unspecified atom stereocenters. The number of halogens is 2. The van der Waals surface area contributed by atoms with E-state index in [9.17, 15) is 4.79 Å². The molecule has 0 atom stereocenters. The number of H-pyrrole nitrogens is 1. The van der Waals surface area contributed by atoms with Gasteiger partial charge in [0.2, 0.25) is 0 Å². The van der Waals surface area contributed by atoms with Crippen LogP contribution in [0.15, 0.2) is 18.2 Å². The van der Waals surface area contributed by atoms with Crippen molar-refractivity contribution in [2.45, 2.75) is 5.88 Å². The largest absolute Gasteiger partial charge is 0.465 e. The van der Waals surface area contributed by atoms with Crippen LogP contribution in [0.1, 0.15) is 16.1 Å². The molecule has 1 aromatic heterocycles. The first-order valence-electron chi connectivity index (χ1n) is 4.37. The maximum Gasteiger partial charge on any atom is 0.337 e. The Bertz CT molecular complexity index is 510. The summed E-state index contributed by atoms with van der Waals surface area (Å²) in [6.45, 7) is 0. The van der Waals surface area contributed by atoms with Crippen LogP contribution in [-0.2, 0) is 10.6 Å². The highest BCUT2D eigenvalue weighted by molar-refractivity contribution is 6.17. The number of benzene rings is 1. The predicted octanol–water partition coefficient (Wildman–Crippen LogP) is 2.51. The minimum absolute atomic E-state index is 0. The number of carbonyl (C=O) groups excluding carboxylic acids is 1. The van der Waals surface area contributed by atoms with Gasteiger partial charge in [-0.15, -0.1) is 24.0 Å². The van der Waals surface area contributed by atoms with Gasteiger partial charge in [-0.05, 0) is 18.2 Å². The van der Waals surface area contributed by atoms with Crippen molar-refractivity contribution in [1.29, 1.82) is 0 Å². The summed E-state index contributed by atoms with van der Waals surface area (Å²) >= 11 is 5.73. The number of carbonyl (C=O) groups is 1. The lowest BCUT2D eigenvalue weighted by atomic mass is 10.1. The Balaban J connectivity index is 0.00000128. The SMILES string of the molecule is COC(=O)c1ccc2n[nH]c(CCl)c2c1.Cl. The fourth-order valence-corrected chi connectivity index (χ4v) is 1.61.